The second kappa shape index (κ2) is 20.3. The van der Waals surface area contributed by atoms with Gasteiger partial charge in [-0.1, -0.05) is 71.3 Å². The van der Waals surface area contributed by atoms with Crippen molar-refractivity contribution in [2.45, 2.75) is 202 Å². The van der Waals surface area contributed by atoms with Crippen LogP contribution in [-0.4, -0.2) is 110 Å². The molecule has 1 aromatic rings. The molecule has 69 heavy (non-hydrogen) atoms. The highest BCUT2D eigenvalue weighted by Gasteiger charge is 2.60. The number of benzene rings is 1. The Balaban J connectivity index is 1.14. The largest absolute Gasteiger partial charge is 0.504 e. The van der Waals surface area contributed by atoms with Gasteiger partial charge in [0.25, 0.3) is 0 Å². The number of hydrogen-bond donors (Lipinski definition) is 9. The van der Waals surface area contributed by atoms with Crippen molar-refractivity contribution in [1.82, 2.24) is 16.0 Å². The molecule has 10 N–H and O–H groups in total. The van der Waals surface area contributed by atoms with Crippen molar-refractivity contribution in [3.63, 3.8) is 0 Å². The van der Waals surface area contributed by atoms with E-state index in [9.17, 15) is 30.3 Å². The average Bonchev–Trinajstić information content (AvgIpc) is 3.98. The fraction of sp³-hybridized carbons (Fsp3) is 0.778. The summed E-state index contributed by atoms with van der Waals surface area (Å²) < 4.78 is 13.0. The van der Waals surface area contributed by atoms with Crippen LogP contribution in [0.4, 0.5) is 0 Å². The van der Waals surface area contributed by atoms with Crippen molar-refractivity contribution in [1.29, 1.82) is 0 Å². The number of esters is 1. The monoisotopic (exact) mass is 990 g/mol. The summed E-state index contributed by atoms with van der Waals surface area (Å²) in [6.07, 6.45) is 19.2. The van der Waals surface area contributed by atoms with Crippen LogP contribution < -0.4 is 26.4 Å². The number of ether oxygens (including phenoxy) is 2. The molecule has 4 aliphatic heterocycles. The van der Waals surface area contributed by atoms with E-state index in [1.807, 2.05) is 27.7 Å². The predicted octanol–water partition coefficient (Wildman–Crippen LogP) is 6.68. The Labute approximate surface area is 417 Å². The summed E-state index contributed by atoms with van der Waals surface area (Å²) in [6.45, 7) is 3.00. The Morgan fingerprint density at radius 2 is 1.78 bits per heavy atom. The second-order valence-corrected chi connectivity index (χ2v) is 25.8. The van der Waals surface area contributed by atoms with E-state index in [2.05, 4.69) is 33.9 Å². The van der Waals surface area contributed by atoms with E-state index in [4.69, 9.17) is 20.2 Å². The Morgan fingerprint density at radius 3 is 2.58 bits per heavy atom. The van der Waals surface area contributed by atoms with E-state index < -0.39 is 53.9 Å². The summed E-state index contributed by atoms with van der Waals surface area (Å²) in [5, 5.41) is 69.9. The molecular weight excluding hydrogens is 911 g/mol. The van der Waals surface area contributed by atoms with Crippen LogP contribution in [0.3, 0.4) is 0 Å². The van der Waals surface area contributed by atoms with E-state index in [1.165, 1.54) is 77.2 Å². The summed E-state index contributed by atoms with van der Waals surface area (Å²) in [5.74, 6) is 8.78. The number of piperidine rings is 1. The molecule has 13 nitrogen and oxygen atoms in total. The maximum Gasteiger partial charge on any atom is 0.302 e. The molecule has 0 radical (unpaired) electrons. The molecule has 0 aromatic heterocycles. The number of nitrogens with zero attached hydrogens (tertiary/aromatic N) is 1. The van der Waals surface area contributed by atoms with E-state index in [-0.39, 0.29) is 70.9 Å². The Bertz CT molecular complexity index is 2150. The van der Waals surface area contributed by atoms with Crippen LogP contribution >= 0.6 is 21.6 Å². The number of carbonyl (C=O) groups excluding carboxylic acids is 1. The normalized spacial score (nSPS) is 39.9. The third-order valence-corrected chi connectivity index (χ3v) is 21.7. The van der Waals surface area contributed by atoms with Gasteiger partial charge in [0.05, 0.1) is 29.2 Å². The van der Waals surface area contributed by atoms with Gasteiger partial charge in [-0.2, -0.15) is 0 Å². The summed E-state index contributed by atoms with van der Waals surface area (Å²) in [7, 11) is 3.96. The molecule has 0 amide bonds. The molecule has 5 fully saturated rings. The van der Waals surface area contributed by atoms with Crippen LogP contribution in [0.15, 0.2) is 29.3 Å². The van der Waals surface area contributed by atoms with Crippen molar-refractivity contribution in [3.8, 4) is 23.3 Å². The smallest absolute Gasteiger partial charge is 0.302 e. The van der Waals surface area contributed by atoms with Crippen LogP contribution in [0.1, 0.15) is 159 Å². The molecule has 12 unspecified atom stereocenters. The molecule has 4 heterocycles. The number of aliphatic hydroxyl groups is 4. The molecule has 12 atom stereocenters. The molecule has 4 saturated carbocycles. The number of aliphatic hydroxyl groups excluding tert-OH is 3. The first-order valence-electron chi connectivity index (χ1n) is 26.7. The number of aliphatic imine (C=N–C) groups is 1. The van der Waals surface area contributed by atoms with Crippen LogP contribution in [0.25, 0.3) is 0 Å². The van der Waals surface area contributed by atoms with E-state index in [0.29, 0.717) is 36.2 Å². The topological polar surface area (TPSA) is 211 Å². The van der Waals surface area contributed by atoms with Crippen LogP contribution in [0.2, 0.25) is 0 Å². The van der Waals surface area contributed by atoms with E-state index in [0.717, 1.165) is 63.1 Å². The first kappa shape index (κ1) is 49.9. The minimum atomic E-state index is -1.90. The fourth-order valence-electron chi connectivity index (χ4n) is 15.8. The Kier molecular flexibility index (Phi) is 14.7. The first-order valence-corrected chi connectivity index (χ1v) is 29.2. The quantitative estimate of drug-likeness (QED) is 0.0498. The average molecular weight is 990 g/mol. The highest BCUT2D eigenvalue weighted by atomic mass is 33.1. The van der Waals surface area contributed by atoms with Crippen LogP contribution in [0.5, 0.6) is 11.5 Å². The molecule has 11 rings (SSSR count). The summed E-state index contributed by atoms with van der Waals surface area (Å²) in [6, 6.07) is 2.68. The van der Waals surface area contributed by atoms with Crippen molar-refractivity contribution < 1.29 is 39.8 Å². The number of carbonyl (C=O) groups is 1. The first-order chi connectivity index (χ1) is 33.2. The molecule has 10 aliphatic rings. The predicted molar refractivity (Wildman–Crippen MR) is 271 cm³/mol. The molecule has 6 aliphatic carbocycles. The number of guanidine groups is 1. The highest BCUT2D eigenvalue weighted by Crippen LogP contribution is 2.64. The summed E-state index contributed by atoms with van der Waals surface area (Å²) >= 11 is 0. The zero-order valence-corrected chi connectivity index (χ0v) is 42.4. The summed E-state index contributed by atoms with van der Waals surface area (Å²) in [4.78, 5) is 18.5. The van der Waals surface area contributed by atoms with Gasteiger partial charge in [-0.3, -0.25) is 4.79 Å². The summed E-state index contributed by atoms with van der Waals surface area (Å²) in [5.41, 5.74) is 6.77. The Morgan fingerprint density at radius 1 is 0.971 bits per heavy atom. The lowest BCUT2D eigenvalue weighted by Gasteiger charge is -2.58. The van der Waals surface area contributed by atoms with Crippen molar-refractivity contribution in [3.05, 3.63) is 35.4 Å². The number of fused-ring (bicyclic) bond motifs is 10. The van der Waals surface area contributed by atoms with Gasteiger partial charge in [-0.25, -0.2) is 4.99 Å². The van der Waals surface area contributed by atoms with E-state index >= 15 is 0 Å². The number of rotatable bonds is 2. The van der Waals surface area contributed by atoms with Gasteiger partial charge in [-0.05, 0) is 144 Å². The minimum absolute atomic E-state index is 0.117. The molecule has 8 bridgehead atoms. The van der Waals surface area contributed by atoms with Crippen molar-refractivity contribution in [2.24, 2.45) is 44.7 Å². The van der Waals surface area contributed by atoms with Gasteiger partial charge in [-0.15, -0.1) is 0 Å². The van der Waals surface area contributed by atoms with Crippen LogP contribution in [-0.2, 0) is 16.0 Å². The lowest BCUT2D eigenvalue weighted by atomic mass is 9.53. The molecule has 1 aromatic carbocycles. The third-order valence-electron chi connectivity index (χ3n) is 19.2. The molecule has 5 spiro atoms. The maximum absolute atomic E-state index is 13.1. The van der Waals surface area contributed by atoms with Gasteiger partial charge in [0.2, 0.25) is 0 Å². The lowest BCUT2D eigenvalue weighted by Crippen LogP contribution is -2.67. The molecule has 380 valence electrons. The van der Waals surface area contributed by atoms with Crippen molar-refractivity contribution in [2.75, 3.05) is 24.6 Å². The van der Waals surface area contributed by atoms with Gasteiger partial charge in [0.1, 0.15) is 12.2 Å². The zero-order valence-electron chi connectivity index (χ0n) is 40.8. The zero-order chi connectivity index (χ0) is 48.0. The van der Waals surface area contributed by atoms with Gasteiger partial charge >= 0.3 is 5.97 Å². The molecule has 1 saturated heterocycles. The van der Waals surface area contributed by atoms with Gasteiger partial charge < -0.3 is 56.7 Å². The number of phenolic OH excluding ortho intramolecular Hbond substituents is 1. The number of nitrogens with two attached hydrogens (primary N) is 1. The molecule has 15 heteroatoms. The number of nitrogens with one attached hydrogen (secondary N) is 3. The lowest BCUT2D eigenvalue weighted by molar-refractivity contribution is -0.152. The SMILES string of the molecule is CC(=O)OC1CC(O)CCC23C#CC4CC5CCC(NCCSSCC6(CC7(CCCC7)CCC67CCCC7)NC(N)=NC2C=CCC3O)C2(C5)CC(CCN2)Oc2cc(c(C(O)O)cc2O)CC41. The minimum Gasteiger partial charge on any atom is -0.504 e. The van der Waals surface area contributed by atoms with Gasteiger partial charge in [0.15, 0.2) is 23.7 Å². The van der Waals surface area contributed by atoms with Crippen LogP contribution in [0, 0.1) is 45.8 Å². The fourth-order valence-corrected chi connectivity index (χ4v) is 18.3. The highest BCUT2D eigenvalue weighted by molar-refractivity contribution is 8.76. The maximum atomic E-state index is 13.1. The van der Waals surface area contributed by atoms with Crippen molar-refractivity contribution >= 4 is 33.5 Å². The number of phenols is 1. The standard InChI is InChI=1S/C54H79N5O8S2/c1-34(60)66-43-28-38(61)12-19-52-18-11-36-25-35-9-10-46(53(30-35)31-39(13-22-57-53)67-44-27-37(26-40(36)43)41(48(64)65)29-42(44)62)56-23-24-68-69-33-54(59-49(55)58-45(52)7-6-8-47(52)63)32-50(14-2-3-15-50)20-21-51(54)16-4-5-17-51/h6-7,27,29,35-36,38-40,43,45-48,56-57,61-65H,2-5,8-10,12-17,19-26,28,30-33H2,1H3,(H3,55,58,59). The second-order valence-electron chi connectivity index (χ2n) is 23.3. The number of hydrogen-bond acceptors (Lipinski definition) is 15. The molecular formula is C54H79N5O8S2. The Hall–Kier alpha value is -2.68. The third kappa shape index (κ3) is 9.94. The van der Waals surface area contributed by atoms with E-state index in [1.54, 1.807) is 6.07 Å². The number of aromatic hydroxyl groups is 1. The van der Waals surface area contributed by atoms with Gasteiger partial charge in [0, 0.05) is 66.8 Å².